The van der Waals surface area contributed by atoms with E-state index in [1.807, 2.05) is 0 Å². The third-order valence-electron chi connectivity index (χ3n) is 12.4. The second-order valence-corrected chi connectivity index (χ2v) is 13.2. The Morgan fingerprint density at radius 2 is 1.88 bits per heavy atom. The zero-order valence-electron chi connectivity index (χ0n) is 23.7. The van der Waals surface area contributed by atoms with Crippen LogP contribution in [-0.4, -0.2) is 99.4 Å². The maximum atomic E-state index is 13.2. The second kappa shape index (κ2) is 8.86. The van der Waals surface area contributed by atoms with E-state index in [-0.39, 0.29) is 48.6 Å². The topological polar surface area (TPSA) is 142 Å². The molecule has 1 aliphatic heterocycles. The van der Waals surface area contributed by atoms with E-state index in [4.69, 9.17) is 29.4 Å². The number of hydrogen-bond acceptors (Lipinski definition) is 10. The lowest BCUT2D eigenvalue weighted by Gasteiger charge is -2.67. The normalized spacial score (nSPS) is 51.5. The van der Waals surface area contributed by atoms with Gasteiger partial charge < -0.3 is 44.9 Å². The van der Waals surface area contributed by atoms with Crippen LogP contribution in [0.25, 0.3) is 0 Å². The highest BCUT2D eigenvalue weighted by atomic mass is 16.5. The summed E-state index contributed by atoms with van der Waals surface area (Å²) in [6.07, 6.45) is 1.16. The van der Waals surface area contributed by atoms with Crippen molar-refractivity contribution in [1.29, 1.82) is 0 Å². The van der Waals surface area contributed by atoms with Crippen molar-refractivity contribution in [3.8, 4) is 0 Å². The van der Waals surface area contributed by atoms with Gasteiger partial charge in [-0.3, -0.25) is 0 Å². The number of methoxy groups -OCH3 is 4. The van der Waals surface area contributed by atoms with Crippen LogP contribution in [0.2, 0.25) is 0 Å². The summed E-state index contributed by atoms with van der Waals surface area (Å²) in [5.41, 5.74) is 2.55. The second-order valence-electron chi connectivity index (χ2n) is 13.2. The molecule has 1 saturated heterocycles. The lowest BCUT2D eigenvalue weighted by molar-refractivity contribution is -0.301. The summed E-state index contributed by atoms with van der Waals surface area (Å²) < 4.78 is 30.7. The fourth-order valence-electron chi connectivity index (χ4n) is 11.3. The Hall–Kier alpha value is -1.79. The van der Waals surface area contributed by atoms with Gasteiger partial charge in [-0.15, -0.1) is 0 Å². The van der Waals surface area contributed by atoms with E-state index >= 15 is 0 Å². The predicted octanol–water partition coefficient (Wildman–Crippen LogP) is 0.986. The number of esters is 1. The van der Waals surface area contributed by atoms with E-state index in [0.717, 1.165) is 19.3 Å². The highest BCUT2D eigenvalue weighted by Gasteiger charge is 2.90. The number of nitrogens with one attached hydrogen (secondary N) is 1. The van der Waals surface area contributed by atoms with Crippen LogP contribution in [0.15, 0.2) is 24.3 Å². The lowest BCUT2D eigenvalue weighted by Crippen LogP contribution is -2.81. The summed E-state index contributed by atoms with van der Waals surface area (Å²) in [5.74, 6) is -0.918. The fraction of sp³-hybridized carbons (Fsp3) is 0.767. The van der Waals surface area contributed by atoms with Gasteiger partial charge >= 0.3 is 5.97 Å². The van der Waals surface area contributed by atoms with Gasteiger partial charge in [0, 0.05) is 75.7 Å². The molecule has 10 heteroatoms. The Balaban J connectivity index is 1.37. The van der Waals surface area contributed by atoms with Crippen LogP contribution >= 0.6 is 0 Å². The summed E-state index contributed by atoms with van der Waals surface area (Å²) >= 11 is 0. The minimum Gasteiger partial charge on any atom is -0.461 e. The van der Waals surface area contributed by atoms with Crippen LogP contribution in [0, 0.1) is 34.5 Å². The van der Waals surface area contributed by atoms with Crippen molar-refractivity contribution >= 4 is 11.7 Å². The zero-order chi connectivity index (χ0) is 28.2. The Labute approximate surface area is 234 Å². The number of aliphatic hydroxyl groups is 2. The summed E-state index contributed by atoms with van der Waals surface area (Å²) in [6.45, 7) is 0.672. The molecule has 40 heavy (non-hydrogen) atoms. The summed E-state index contributed by atoms with van der Waals surface area (Å²) in [7, 11) is 6.72. The van der Waals surface area contributed by atoms with Gasteiger partial charge in [-0.2, -0.15) is 0 Å². The van der Waals surface area contributed by atoms with Gasteiger partial charge in [-0.05, 0) is 37.3 Å². The third kappa shape index (κ3) is 2.86. The Morgan fingerprint density at radius 3 is 2.55 bits per heavy atom. The molecule has 7 bridgehead atoms. The maximum absolute atomic E-state index is 13.2. The number of carbonyl (C=O) groups is 1. The number of rotatable bonds is 7. The van der Waals surface area contributed by atoms with Gasteiger partial charge in [-0.25, -0.2) is 4.79 Å². The van der Waals surface area contributed by atoms with Gasteiger partial charge in [-0.1, -0.05) is 12.1 Å². The average Bonchev–Trinajstić information content (AvgIpc) is 3.36. The maximum Gasteiger partial charge on any atom is 0.340 e. The summed E-state index contributed by atoms with van der Waals surface area (Å²) in [5, 5.41) is 29.5. The van der Waals surface area contributed by atoms with Gasteiger partial charge in [0.15, 0.2) is 0 Å². The highest BCUT2D eigenvalue weighted by molar-refractivity contribution is 5.95. The summed E-state index contributed by atoms with van der Waals surface area (Å²) in [6, 6.07) is 6.44. The van der Waals surface area contributed by atoms with Crippen molar-refractivity contribution in [1.82, 2.24) is 5.32 Å². The number of nitrogens with two attached hydrogens (primary N) is 1. The Morgan fingerprint density at radius 1 is 1.10 bits per heavy atom. The van der Waals surface area contributed by atoms with Crippen LogP contribution in [0.4, 0.5) is 5.69 Å². The molecule has 13 atom stereocenters. The van der Waals surface area contributed by atoms with E-state index in [1.54, 1.807) is 52.7 Å². The first-order valence-corrected chi connectivity index (χ1v) is 14.5. The molecule has 0 aromatic heterocycles. The number of ether oxygens (including phenoxy) is 5. The molecule has 1 aromatic rings. The first-order chi connectivity index (χ1) is 19.2. The number of anilines is 1. The van der Waals surface area contributed by atoms with Gasteiger partial charge in [0.25, 0.3) is 0 Å². The number of fused-ring (bicyclic) bond motifs is 2. The van der Waals surface area contributed by atoms with Gasteiger partial charge in [0.05, 0.1) is 42.6 Å². The van der Waals surface area contributed by atoms with Crippen molar-refractivity contribution in [2.45, 2.75) is 67.3 Å². The van der Waals surface area contributed by atoms with Crippen molar-refractivity contribution < 1.29 is 38.7 Å². The Kier molecular flexibility index (Phi) is 5.99. The predicted molar refractivity (Wildman–Crippen MR) is 143 cm³/mol. The smallest absolute Gasteiger partial charge is 0.340 e. The Bertz CT molecular complexity index is 1200. The molecular formula is C30H42N2O8. The first-order valence-electron chi connectivity index (χ1n) is 14.5. The summed E-state index contributed by atoms with van der Waals surface area (Å²) in [4.78, 5) is 13.2. The zero-order valence-corrected chi connectivity index (χ0v) is 23.7. The molecule has 6 aliphatic rings. The molecule has 220 valence electrons. The van der Waals surface area contributed by atoms with Gasteiger partial charge in [0.1, 0.15) is 11.2 Å². The van der Waals surface area contributed by atoms with Crippen LogP contribution in [0.5, 0.6) is 0 Å². The molecule has 0 amide bonds. The molecule has 0 radical (unpaired) electrons. The van der Waals surface area contributed by atoms with Crippen LogP contribution in [0.1, 0.15) is 36.0 Å². The molecule has 1 aromatic carbocycles. The van der Waals surface area contributed by atoms with E-state index in [9.17, 15) is 15.0 Å². The van der Waals surface area contributed by atoms with E-state index in [1.165, 1.54) is 0 Å². The number of piperidine rings is 1. The molecule has 7 rings (SSSR count). The first kappa shape index (κ1) is 27.1. The van der Waals surface area contributed by atoms with Gasteiger partial charge in [0.2, 0.25) is 0 Å². The van der Waals surface area contributed by atoms with Crippen molar-refractivity contribution in [2.24, 2.45) is 34.5 Å². The standard InChI is InChI=1S/C30H42N2O8/c1-36-19-12-28(34)21-17(11-16(19)22(21)38-3)29-20(37-2)9-10-27(14-40-25(33)15-7-5-6-8-18(15)31)13-32-26(29)30(28,35)24(39-4)23(27)29/h5-8,16-17,19-24,26,32,34-35H,9-14,31H2,1-4H3/t16-,17-,19+,20+,21-,22+,23-,24-,26-,27+,28-,29-,30+/m1/s1. The van der Waals surface area contributed by atoms with Crippen LogP contribution in [0.3, 0.4) is 0 Å². The molecule has 0 unspecified atom stereocenters. The molecule has 5 N–H and O–H groups in total. The highest BCUT2D eigenvalue weighted by Crippen LogP contribution is 2.79. The van der Waals surface area contributed by atoms with Crippen molar-refractivity contribution in [2.75, 3.05) is 47.3 Å². The molecular weight excluding hydrogens is 516 g/mol. The van der Waals surface area contributed by atoms with E-state index < -0.39 is 40.1 Å². The van der Waals surface area contributed by atoms with E-state index in [0.29, 0.717) is 24.2 Å². The van der Waals surface area contributed by atoms with Crippen LogP contribution in [-0.2, 0) is 23.7 Å². The monoisotopic (exact) mass is 558 g/mol. The number of nitrogen functional groups attached to an aromatic ring is 1. The molecule has 5 saturated carbocycles. The quantitative estimate of drug-likeness (QED) is 0.283. The number of para-hydroxylation sites is 1. The van der Waals surface area contributed by atoms with E-state index in [2.05, 4.69) is 5.32 Å². The number of hydrogen-bond donors (Lipinski definition) is 4. The number of benzene rings is 1. The number of carbonyl (C=O) groups excluding carboxylic acids is 1. The fourth-order valence-corrected chi connectivity index (χ4v) is 11.3. The third-order valence-corrected chi connectivity index (χ3v) is 12.4. The molecule has 10 nitrogen and oxygen atoms in total. The average molecular weight is 559 g/mol. The minimum atomic E-state index is -1.63. The lowest BCUT2D eigenvalue weighted by atomic mass is 9.43. The minimum absolute atomic E-state index is 0.0130. The molecule has 1 heterocycles. The van der Waals surface area contributed by atoms with Crippen molar-refractivity contribution in [3.63, 3.8) is 0 Å². The SMILES string of the molecule is CO[C@H]1[C@@H]2C[C@@H]3[C@H]1[C@](O)(C[C@@H]2OC)[C@]1(O)[C@H](OC)[C@@H]2[C@@]4(COC(=O)c5ccccc5N)CC[C@H](OC)[C@]32[C@H]1NC4. The van der Waals surface area contributed by atoms with Crippen molar-refractivity contribution in [3.05, 3.63) is 29.8 Å². The molecule has 5 aliphatic carbocycles. The largest absolute Gasteiger partial charge is 0.461 e. The molecule has 1 spiro atoms. The molecule has 6 fully saturated rings. The van der Waals surface area contributed by atoms with Crippen LogP contribution < -0.4 is 11.1 Å².